The van der Waals surface area contributed by atoms with Crippen molar-refractivity contribution in [1.29, 1.82) is 0 Å². The molecule has 2 aromatic rings. The summed E-state index contributed by atoms with van der Waals surface area (Å²) in [5.74, 6) is -0.638. The van der Waals surface area contributed by atoms with Gasteiger partial charge in [0.15, 0.2) is 0 Å². The lowest BCUT2D eigenvalue weighted by molar-refractivity contribution is -0.385. The molecule has 0 aromatic heterocycles. The molecule has 0 unspecified atom stereocenters. The first kappa shape index (κ1) is 20.1. The molecule has 7 nitrogen and oxygen atoms in total. The fraction of sp³-hybridized carbons (Fsp3) is 0.300. The fourth-order valence-corrected chi connectivity index (χ4v) is 2.90. The van der Waals surface area contributed by atoms with Crippen molar-refractivity contribution < 1.29 is 14.5 Å². The number of nitrogens with zero attached hydrogens (tertiary/aromatic N) is 2. The number of amides is 2. The van der Waals surface area contributed by atoms with E-state index in [0.717, 1.165) is 11.1 Å². The molecular formula is C20H23N3O4. The number of benzene rings is 2. The molecule has 142 valence electrons. The van der Waals surface area contributed by atoms with Crippen LogP contribution in [0.4, 0.5) is 5.69 Å². The third-order valence-corrected chi connectivity index (χ3v) is 4.38. The number of nitrogens with one attached hydrogen (secondary N) is 1. The van der Waals surface area contributed by atoms with Crippen LogP contribution in [0.15, 0.2) is 48.5 Å². The Hall–Kier alpha value is -3.22. The zero-order valence-electron chi connectivity index (χ0n) is 15.6. The van der Waals surface area contributed by atoms with Crippen molar-refractivity contribution in [2.75, 3.05) is 7.05 Å². The number of para-hydroxylation sites is 1. The molecule has 0 saturated heterocycles. The van der Waals surface area contributed by atoms with Crippen LogP contribution in [0.1, 0.15) is 23.6 Å². The molecule has 7 heteroatoms. The summed E-state index contributed by atoms with van der Waals surface area (Å²) in [4.78, 5) is 37.2. The maximum Gasteiger partial charge on any atom is 0.273 e. The largest absolute Gasteiger partial charge is 0.357 e. The second kappa shape index (κ2) is 8.93. The van der Waals surface area contributed by atoms with E-state index < -0.39 is 11.0 Å². The standard InChI is InChI=1S/C20H23N3O4/c1-14-7-6-8-16(11-14)13-22(15(2)20(25)21-3)19(24)12-17-9-4-5-10-18(17)23(26)27/h4-11,15H,12-13H2,1-3H3,(H,21,25)/t15-/m1/s1. The Morgan fingerprint density at radius 2 is 1.89 bits per heavy atom. The van der Waals surface area contributed by atoms with Gasteiger partial charge in [-0.15, -0.1) is 0 Å². The van der Waals surface area contributed by atoms with Crippen molar-refractivity contribution in [3.05, 3.63) is 75.3 Å². The monoisotopic (exact) mass is 369 g/mol. The Balaban J connectivity index is 2.31. The van der Waals surface area contributed by atoms with Gasteiger partial charge in [-0.2, -0.15) is 0 Å². The maximum atomic E-state index is 13.0. The van der Waals surface area contributed by atoms with Crippen molar-refractivity contribution in [3.8, 4) is 0 Å². The van der Waals surface area contributed by atoms with E-state index in [1.54, 1.807) is 25.1 Å². The number of carbonyl (C=O) groups is 2. The number of hydrogen-bond donors (Lipinski definition) is 1. The molecule has 2 rings (SSSR count). The highest BCUT2D eigenvalue weighted by Crippen LogP contribution is 2.20. The van der Waals surface area contributed by atoms with Crippen LogP contribution in [0, 0.1) is 17.0 Å². The molecule has 0 aliphatic rings. The number of aryl methyl sites for hydroxylation is 1. The zero-order valence-corrected chi connectivity index (χ0v) is 15.6. The van der Waals surface area contributed by atoms with Crippen molar-refractivity contribution in [2.45, 2.75) is 32.9 Å². The van der Waals surface area contributed by atoms with Gasteiger partial charge >= 0.3 is 0 Å². The lowest BCUT2D eigenvalue weighted by Gasteiger charge is -2.28. The number of rotatable bonds is 7. The molecule has 2 aromatic carbocycles. The Morgan fingerprint density at radius 3 is 2.52 bits per heavy atom. The number of likely N-dealkylation sites (N-methyl/N-ethyl adjacent to an activating group) is 1. The Morgan fingerprint density at radius 1 is 1.19 bits per heavy atom. The molecule has 2 amide bonds. The smallest absolute Gasteiger partial charge is 0.273 e. The summed E-state index contributed by atoms with van der Waals surface area (Å²) in [6, 6.07) is 13.1. The van der Waals surface area contributed by atoms with Gasteiger partial charge in [0.2, 0.25) is 11.8 Å². The summed E-state index contributed by atoms with van der Waals surface area (Å²) in [5, 5.41) is 13.8. The second-order valence-electron chi connectivity index (χ2n) is 6.36. The van der Waals surface area contributed by atoms with Crippen LogP contribution >= 0.6 is 0 Å². The molecule has 0 aliphatic heterocycles. The molecule has 0 bridgehead atoms. The average Bonchev–Trinajstić information content (AvgIpc) is 2.65. The molecule has 1 N–H and O–H groups in total. The average molecular weight is 369 g/mol. The summed E-state index contributed by atoms with van der Waals surface area (Å²) in [5.41, 5.74) is 2.16. The summed E-state index contributed by atoms with van der Waals surface area (Å²) >= 11 is 0. The molecule has 0 heterocycles. The molecule has 0 radical (unpaired) electrons. The van der Waals surface area contributed by atoms with Crippen molar-refractivity contribution >= 4 is 17.5 Å². The van der Waals surface area contributed by atoms with Crippen LogP contribution in [0.5, 0.6) is 0 Å². The summed E-state index contributed by atoms with van der Waals surface area (Å²) in [6.07, 6.45) is -0.149. The highest BCUT2D eigenvalue weighted by molar-refractivity contribution is 5.88. The van der Waals surface area contributed by atoms with E-state index in [1.165, 1.54) is 18.0 Å². The Bertz CT molecular complexity index is 851. The summed E-state index contributed by atoms with van der Waals surface area (Å²) < 4.78 is 0. The minimum atomic E-state index is -0.703. The van der Waals surface area contributed by atoms with Gasteiger partial charge in [0.05, 0.1) is 11.3 Å². The lowest BCUT2D eigenvalue weighted by Crippen LogP contribution is -2.47. The number of nitro groups is 1. The predicted octanol–water partition coefficient (Wildman–Crippen LogP) is 2.61. The van der Waals surface area contributed by atoms with Crippen LogP contribution in [-0.2, 0) is 22.6 Å². The molecular weight excluding hydrogens is 346 g/mol. The SMILES string of the molecule is CNC(=O)[C@@H](C)N(Cc1cccc(C)c1)C(=O)Cc1ccccc1[N+](=O)[O-]. The van der Waals surface area contributed by atoms with Crippen LogP contribution in [-0.4, -0.2) is 34.7 Å². The first-order valence-electron chi connectivity index (χ1n) is 8.62. The quantitative estimate of drug-likeness (QED) is 0.600. The van der Waals surface area contributed by atoms with E-state index in [0.29, 0.717) is 5.56 Å². The zero-order chi connectivity index (χ0) is 20.0. The Labute approximate surface area is 158 Å². The number of nitro benzene ring substituents is 1. The minimum Gasteiger partial charge on any atom is -0.357 e. The highest BCUT2D eigenvalue weighted by Gasteiger charge is 2.27. The van der Waals surface area contributed by atoms with E-state index in [4.69, 9.17) is 0 Å². The van der Waals surface area contributed by atoms with Gasteiger partial charge in [-0.1, -0.05) is 48.0 Å². The van der Waals surface area contributed by atoms with Crippen LogP contribution in [0.3, 0.4) is 0 Å². The van der Waals surface area contributed by atoms with Gasteiger partial charge in [0, 0.05) is 25.2 Å². The van der Waals surface area contributed by atoms with Gasteiger partial charge in [0.25, 0.3) is 5.69 Å². The minimum absolute atomic E-state index is 0.103. The Kier molecular flexibility index (Phi) is 6.65. The van der Waals surface area contributed by atoms with Crippen LogP contribution in [0.2, 0.25) is 0 Å². The number of hydrogen-bond acceptors (Lipinski definition) is 4. The molecule has 0 aliphatic carbocycles. The first-order valence-corrected chi connectivity index (χ1v) is 8.62. The van der Waals surface area contributed by atoms with Crippen LogP contribution in [0.25, 0.3) is 0 Å². The van der Waals surface area contributed by atoms with E-state index >= 15 is 0 Å². The van der Waals surface area contributed by atoms with Gasteiger partial charge in [0.1, 0.15) is 6.04 Å². The third kappa shape index (κ3) is 5.13. The molecule has 1 atom stereocenters. The van der Waals surface area contributed by atoms with Gasteiger partial charge < -0.3 is 10.2 Å². The lowest BCUT2D eigenvalue weighted by atomic mass is 10.1. The van der Waals surface area contributed by atoms with Crippen molar-refractivity contribution in [2.24, 2.45) is 0 Å². The van der Waals surface area contributed by atoms with E-state index in [2.05, 4.69) is 5.32 Å². The van der Waals surface area contributed by atoms with E-state index in [1.807, 2.05) is 31.2 Å². The number of carbonyl (C=O) groups excluding carboxylic acids is 2. The van der Waals surface area contributed by atoms with E-state index in [-0.39, 0.29) is 30.5 Å². The molecule has 27 heavy (non-hydrogen) atoms. The third-order valence-electron chi connectivity index (χ3n) is 4.38. The van der Waals surface area contributed by atoms with Crippen molar-refractivity contribution in [3.63, 3.8) is 0 Å². The molecule has 0 spiro atoms. The summed E-state index contributed by atoms with van der Waals surface area (Å²) in [6.45, 7) is 3.84. The summed E-state index contributed by atoms with van der Waals surface area (Å²) in [7, 11) is 1.51. The predicted molar refractivity (Wildman–Crippen MR) is 102 cm³/mol. The maximum absolute atomic E-state index is 13.0. The van der Waals surface area contributed by atoms with Gasteiger partial charge in [-0.25, -0.2) is 0 Å². The fourth-order valence-electron chi connectivity index (χ4n) is 2.90. The molecule has 0 fully saturated rings. The van der Waals surface area contributed by atoms with Crippen molar-refractivity contribution in [1.82, 2.24) is 10.2 Å². The second-order valence-corrected chi connectivity index (χ2v) is 6.36. The van der Waals surface area contributed by atoms with E-state index in [9.17, 15) is 19.7 Å². The molecule has 0 saturated carbocycles. The van der Waals surface area contributed by atoms with Gasteiger partial charge in [-0.3, -0.25) is 19.7 Å². The van der Waals surface area contributed by atoms with Gasteiger partial charge in [-0.05, 0) is 19.4 Å². The van der Waals surface area contributed by atoms with Crippen LogP contribution < -0.4 is 5.32 Å². The normalized spacial score (nSPS) is 11.5. The highest BCUT2D eigenvalue weighted by atomic mass is 16.6. The topological polar surface area (TPSA) is 92.6 Å². The first-order chi connectivity index (χ1) is 12.8.